The van der Waals surface area contributed by atoms with E-state index >= 15 is 0 Å². The standard InChI is InChI=1S/C14H24N2O3S/c1-7-8-15-11(17)10-14(5,6)20-9-16(10)12(18)19-13(2,3)4/h7,10H,1,8-9H2,2-6H3,(H,15,17). The van der Waals surface area contributed by atoms with Crippen LogP contribution in [0.15, 0.2) is 12.7 Å². The average molecular weight is 300 g/mol. The van der Waals surface area contributed by atoms with E-state index in [0.29, 0.717) is 12.4 Å². The van der Waals surface area contributed by atoms with Gasteiger partial charge >= 0.3 is 6.09 Å². The van der Waals surface area contributed by atoms with Crippen LogP contribution >= 0.6 is 11.8 Å². The van der Waals surface area contributed by atoms with Crippen molar-refractivity contribution in [2.75, 3.05) is 12.4 Å². The molecule has 0 aromatic heterocycles. The second-order valence-corrected chi connectivity index (χ2v) is 7.86. The highest BCUT2D eigenvalue weighted by atomic mass is 32.2. The van der Waals surface area contributed by atoms with Crippen molar-refractivity contribution in [3.05, 3.63) is 12.7 Å². The molecule has 1 atom stereocenters. The van der Waals surface area contributed by atoms with Crippen LogP contribution < -0.4 is 5.32 Å². The van der Waals surface area contributed by atoms with Gasteiger partial charge in [-0.3, -0.25) is 9.69 Å². The van der Waals surface area contributed by atoms with Gasteiger partial charge in [0.05, 0.1) is 5.88 Å². The first-order valence-corrected chi connectivity index (χ1v) is 7.59. The van der Waals surface area contributed by atoms with Gasteiger partial charge in [-0.05, 0) is 34.6 Å². The Balaban J connectivity index is 2.87. The van der Waals surface area contributed by atoms with Gasteiger partial charge in [-0.15, -0.1) is 18.3 Å². The minimum Gasteiger partial charge on any atom is -0.444 e. The number of carbonyl (C=O) groups excluding carboxylic acids is 2. The van der Waals surface area contributed by atoms with Gasteiger partial charge in [0.15, 0.2) is 0 Å². The Labute approximate surface area is 125 Å². The molecule has 114 valence electrons. The molecule has 0 spiro atoms. The zero-order valence-corrected chi connectivity index (χ0v) is 13.7. The van der Waals surface area contributed by atoms with E-state index in [9.17, 15) is 9.59 Å². The number of nitrogens with zero attached hydrogens (tertiary/aromatic N) is 1. The number of ether oxygens (including phenoxy) is 1. The molecule has 0 bridgehead atoms. The minimum atomic E-state index is -0.573. The van der Waals surface area contributed by atoms with E-state index in [1.165, 1.54) is 4.90 Å². The smallest absolute Gasteiger partial charge is 0.411 e. The van der Waals surface area contributed by atoms with Crippen LogP contribution in [0.5, 0.6) is 0 Å². The molecule has 0 aliphatic carbocycles. The van der Waals surface area contributed by atoms with E-state index < -0.39 is 17.7 Å². The Morgan fingerprint density at radius 1 is 1.50 bits per heavy atom. The van der Waals surface area contributed by atoms with Gasteiger partial charge in [0.2, 0.25) is 5.91 Å². The fourth-order valence-corrected chi connectivity index (χ4v) is 3.09. The molecule has 5 nitrogen and oxygen atoms in total. The number of thioether (sulfide) groups is 1. The van der Waals surface area contributed by atoms with Crippen molar-refractivity contribution in [2.45, 2.75) is 51.0 Å². The lowest BCUT2D eigenvalue weighted by Crippen LogP contribution is -2.54. The van der Waals surface area contributed by atoms with E-state index in [-0.39, 0.29) is 10.7 Å². The van der Waals surface area contributed by atoms with Crippen LogP contribution in [0.2, 0.25) is 0 Å². The summed E-state index contributed by atoms with van der Waals surface area (Å²) in [6.45, 7) is 13.3. The molecule has 1 rings (SSSR count). The summed E-state index contributed by atoms with van der Waals surface area (Å²) >= 11 is 1.57. The summed E-state index contributed by atoms with van der Waals surface area (Å²) in [6, 6.07) is -0.540. The van der Waals surface area contributed by atoms with Crippen LogP contribution in [-0.4, -0.2) is 45.7 Å². The van der Waals surface area contributed by atoms with E-state index in [0.717, 1.165) is 0 Å². The maximum Gasteiger partial charge on any atom is 0.411 e. The molecule has 1 saturated heterocycles. The Morgan fingerprint density at radius 3 is 2.60 bits per heavy atom. The number of nitrogens with one attached hydrogen (secondary N) is 1. The van der Waals surface area contributed by atoms with Crippen molar-refractivity contribution in [1.29, 1.82) is 0 Å². The number of amides is 2. The molecule has 1 N–H and O–H groups in total. The Hall–Kier alpha value is -1.17. The van der Waals surface area contributed by atoms with Crippen LogP contribution in [0.1, 0.15) is 34.6 Å². The topological polar surface area (TPSA) is 58.6 Å². The molecule has 1 aliphatic rings. The predicted octanol–water partition coefficient (Wildman–Crippen LogP) is 2.38. The second kappa shape index (κ2) is 6.08. The van der Waals surface area contributed by atoms with Crippen LogP contribution in [0.4, 0.5) is 4.79 Å². The largest absolute Gasteiger partial charge is 0.444 e. The number of hydrogen-bond donors (Lipinski definition) is 1. The van der Waals surface area contributed by atoms with Gasteiger partial charge in [-0.25, -0.2) is 4.79 Å². The van der Waals surface area contributed by atoms with Crippen LogP contribution in [-0.2, 0) is 9.53 Å². The monoisotopic (exact) mass is 300 g/mol. The van der Waals surface area contributed by atoms with Crippen molar-refractivity contribution in [1.82, 2.24) is 10.2 Å². The highest BCUT2D eigenvalue weighted by Crippen LogP contribution is 2.39. The molecule has 1 aliphatic heterocycles. The highest BCUT2D eigenvalue weighted by molar-refractivity contribution is 8.00. The predicted molar refractivity (Wildman–Crippen MR) is 81.6 cm³/mol. The van der Waals surface area contributed by atoms with Crippen LogP contribution in [0, 0.1) is 0 Å². The summed E-state index contributed by atoms with van der Waals surface area (Å²) in [5.41, 5.74) is -0.573. The van der Waals surface area contributed by atoms with Crippen LogP contribution in [0.25, 0.3) is 0 Å². The lowest BCUT2D eigenvalue weighted by molar-refractivity contribution is -0.126. The van der Waals surface area contributed by atoms with Crippen molar-refractivity contribution in [3.8, 4) is 0 Å². The fourth-order valence-electron chi connectivity index (χ4n) is 1.97. The fraction of sp³-hybridized carbons (Fsp3) is 0.714. The lowest BCUT2D eigenvalue weighted by Gasteiger charge is -2.31. The highest BCUT2D eigenvalue weighted by Gasteiger charge is 2.48. The molecule has 0 saturated carbocycles. The van der Waals surface area contributed by atoms with E-state index in [1.807, 2.05) is 34.6 Å². The molecule has 20 heavy (non-hydrogen) atoms. The zero-order valence-electron chi connectivity index (χ0n) is 12.9. The quantitative estimate of drug-likeness (QED) is 0.813. The van der Waals surface area contributed by atoms with E-state index in [2.05, 4.69) is 11.9 Å². The summed E-state index contributed by atoms with van der Waals surface area (Å²) in [5, 5.41) is 2.76. The number of hydrogen-bond acceptors (Lipinski definition) is 4. The van der Waals surface area contributed by atoms with Crippen LogP contribution in [0.3, 0.4) is 0 Å². The molecule has 0 aromatic carbocycles. The summed E-state index contributed by atoms with van der Waals surface area (Å²) in [5.74, 6) is 0.277. The zero-order chi connectivity index (χ0) is 15.6. The van der Waals surface area contributed by atoms with Gasteiger partial charge < -0.3 is 10.1 Å². The van der Waals surface area contributed by atoms with Crippen molar-refractivity contribution < 1.29 is 14.3 Å². The molecule has 1 heterocycles. The normalized spacial score (nSPS) is 21.4. The van der Waals surface area contributed by atoms with E-state index in [4.69, 9.17) is 4.74 Å². The summed E-state index contributed by atoms with van der Waals surface area (Å²) < 4.78 is 5.03. The third kappa shape index (κ3) is 4.16. The van der Waals surface area contributed by atoms with Crippen molar-refractivity contribution >= 4 is 23.8 Å². The van der Waals surface area contributed by atoms with Gasteiger partial charge in [0, 0.05) is 11.3 Å². The Morgan fingerprint density at radius 2 is 2.10 bits per heavy atom. The first-order chi connectivity index (χ1) is 9.08. The SMILES string of the molecule is C=CCNC(=O)C1N(C(=O)OC(C)(C)C)CSC1(C)C. The molecular formula is C14H24N2O3S. The molecule has 6 heteroatoms. The van der Waals surface area contributed by atoms with Gasteiger partial charge in [0.1, 0.15) is 11.6 Å². The molecule has 1 fully saturated rings. The lowest BCUT2D eigenvalue weighted by atomic mass is 10.0. The maximum absolute atomic E-state index is 12.3. The molecule has 0 radical (unpaired) electrons. The summed E-state index contributed by atoms with van der Waals surface area (Å²) in [4.78, 5) is 26.0. The van der Waals surface area contributed by atoms with Crippen molar-refractivity contribution in [3.63, 3.8) is 0 Å². The van der Waals surface area contributed by atoms with E-state index in [1.54, 1.807) is 17.8 Å². The number of rotatable bonds is 3. The molecular weight excluding hydrogens is 276 g/mol. The second-order valence-electron chi connectivity index (χ2n) is 6.26. The Bertz CT molecular complexity index is 402. The number of carbonyl (C=O) groups is 2. The van der Waals surface area contributed by atoms with Gasteiger partial charge in [-0.1, -0.05) is 6.08 Å². The summed E-state index contributed by atoms with van der Waals surface area (Å²) in [7, 11) is 0. The summed E-state index contributed by atoms with van der Waals surface area (Å²) in [6.07, 6.45) is 1.17. The third-order valence-electron chi connectivity index (χ3n) is 2.84. The molecule has 1 unspecified atom stereocenters. The third-order valence-corrected chi connectivity index (χ3v) is 4.22. The first-order valence-electron chi connectivity index (χ1n) is 6.60. The Kier molecular flexibility index (Phi) is 5.13. The molecule has 0 aromatic rings. The van der Waals surface area contributed by atoms with Gasteiger partial charge in [0.25, 0.3) is 0 Å². The average Bonchev–Trinajstić information content (AvgIpc) is 2.59. The van der Waals surface area contributed by atoms with Gasteiger partial charge in [-0.2, -0.15) is 0 Å². The first kappa shape index (κ1) is 16.9. The molecule has 2 amide bonds. The minimum absolute atomic E-state index is 0.175. The maximum atomic E-state index is 12.3. The van der Waals surface area contributed by atoms with Crippen molar-refractivity contribution in [2.24, 2.45) is 0 Å².